The first-order chi connectivity index (χ1) is 12.6. The molecule has 138 valence electrons. The summed E-state index contributed by atoms with van der Waals surface area (Å²) in [5.41, 5.74) is 0.743. The van der Waals surface area contributed by atoms with Gasteiger partial charge in [0.05, 0.1) is 11.9 Å². The van der Waals surface area contributed by atoms with Crippen molar-refractivity contribution < 1.29 is 18.3 Å². The van der Waals surface area contributed by atoms with E-state index in [9.17, 15) is 9.18 Å². The van der Waals surface area contributed by atoms with Crippen molar-refractivity contribution in [2.45, 2.75) is 37.5 Å². The van der Waals surface area contributed by atoms with Gasteiger partial charge in [-0.3, -0.25) is 9.69 Å². The second-order valence-electron chi connectivity index (χ2n) is 7.26. The summed E-state index contributed by atoms with van der Waals surface area (Å²) in [6.07, 6.45) is 4.02. The zero-order valence-corrected chi connectivity index (χ0v) is 14.6. The minimum absolute atomic E-state index is 0.0791. The molecule has 5 nitrogen and oxygen atoms in total. The van der Waals surface area contributed by atoms with E-state index in [4.69, 9.17) is 9.15 Å². The van der Waals surface area contributed by atoms with Crippen molar-refractivity contribution in [2.24, 2.45) is 0 Å². The van der Waals surface area contributed by atoms with Crippen molar-refractivity contribution in [3.05, 3.63) is 59.8 Å². The molecule has 1 aromatic heterocycles. The van der Waals surface area contributed by atoms with Gasteiger partial charge in [-0.2, -0.15) is 0 Å². The number of nitrogens with zero attached hydrogens (tertiary/aromatic N) is 1. The molecule has 2 aliphatic rings. The summed E-state index contributed by atoms with van der Waals surface area (Å²) in [4.78, 5) is 14.5. The molecular formula is C20H23FN2O3. The number of benzene rings is 1. The number of rotatable bonds is 4. The molecule has 2 aliphatic heterocycles. The molecule has 26 heavy (non-hydrogen) atoms. The van der Waals surface area contributed by atoms with Crippen molar-refractivity contribution in [1.82, 2.24) is 10.2 Å². The van der Waals surface area contributed by atoms with Crippen LogP contribution in [0.4, 0.5) is 4.39 Å². The third-order valence-corrected chi connectivity index (χ3v) is 5.26. The fourth-order valence-corrected chi connectivity index (χ4v) is 4.06. The molecule has 2 saturated heterocycles. The molecule has 0 radical (unpaired) electrons. The number of amides is 1. The molecule has 0 saturated carbocycles. The largest absolute Gasteiger partial charge is 0.459 e. The zero-order chi connectivity index (χ0) is 18.0. The molecule has 6 heteroatoms. The van der Waals surface area contributed by atoms with E-state index in [0.717, 1.165) is 37.9 Å². The van der Waals surface area contributed by atoms with Gasteiger partial charge in [0.15, 0.2) is 5.76 Å². The van der Waals surface area contributed by atoms with Gasteiger partial charge in [-0.25, -0.2) is 4.39 Å². The van der Waals surface area contributed by atoms with Gasteiger partial charge in [-0.05, 0) is 49.1 Å². The molecule has 0 unspecified atom stereocenters. The number of halogens is 1. The van der Waals surface area contributed by atoms with Crippen LogP contribution in [0.15, 0.2) is 47.1 Å². The highest BCUT2D eigenvalue weighted by Gasteiger charge is 2.43. The standard InChI is InChI=1S/C20H23FN2O3/c21-16-4-1-3-15(11-16)13-23-8-7-20(14-23)12-17(6-10-26-20)22-19(24)18-5-2-9-25-18/h1-5,9,11,17H,6-8,10,12-14H2,(H,22,24)/t17-,20-/m1/s1. The van der Waals surface area contributed by atoms with E-state index < -0.39 is 0 Å². The molecule has 1 spiro atoms. The molecule has 0 aliphatic carbocycles. The van der Waals surface area contributed by atoms with Crippen LogP contribution in [0.25, 0.3) is 0 Å². The minimum Gasteiger partial charge on any atom is -0.459 e. The Labute approximate surface area is 152 Å². The molecule has 4 rings (SSSR count). The van der Waals surface area contributed by atoms with Crippen molar-refractivity contribution in [2.75, 3.05) is 19.7 Å². The van der Waals surface area contributed by atoms with E-state index in [2.05, 4.69) is 10.2 Å². The Morgan fingerprint density at radius 1 is 1.35 bits per heavy atom. The van der Waals surface area contributed by atoms with E-state index >= 15 is 0 Å². The average molecular weight is 358 g/mol. The van der Waals surface area contributed by atoms with Gasteiger partial charge in [-0.15, -0.1) is 0 Å². The van der Waals surface area contributed by atoms with Crippen LogP contribution in [0, 0.1) is 5.82 Å². The molecule has 2 aromatic rings. The van der Waals surface area contributed by atoms with Gasteiger partial charge in [0, 0.05) is 32.3 Å². The topological polar surface area (TPSA) is 54.7 Å². The predicted octanol–water partition coefficient (Wildman–Crippen LogP) is 2.97. The van der Waals surface area contributed by atoms with Gasteiger partial charge in [0.2, 0.25) is 0 Å². The SMILES string of the molecule is O=C(N[C@@H]1CCO[C@]2(CCN(Cc3cccc(F)c3)C2)C1)c1ccco1. The number of carbonyl (C=O) groups is 1. The summed E-state index contributed by atoms with van der Waals surface area (Å²) in [6.45, 7) is 3.06. The third-order valence-electron chi connectivity index (χ3n) is 5.26. The molecule has 1 aromatic carbocycles. The number of nitrogens with one attached hydrogen (secondary N) is 1. The van der Waals surface area contributed by atoms with Gasteiger partial charge in [0.25, 0.3) is 5.91 Å². The van der Waals surface area contributed by atoms with E-state index in [1.54, 1.807) is 24.3 Å². The molecule has 2 atom stereocenters. The van der Waals surface area contributed by atoms with Crippen LogP contribution in [-0.4, -0.2) is 42.1 Å². The number of carbonyl (C=O) groups excluding carboxylic acids is 1. The maximum absolute atomic E-state index is 13.4. The number of ether oxygens (including phenoxy) is 1. The second-order valence-corrected chi connectivity index (χ2v) is 7.26. The summed E-state index contributed by atoms with van der Waals surface area (Å²) < 4.78 is 24.7. The first kappa shape index (κ1) is 17.2. The van der Waals surface area contributed by atoms with Crippen LogP contribution in [0.3, 0.4) is 0 Å². The summed E-state index contributed by atoms with van der Waals surface area (Å²) in [6, 6.07) is 10.2. The van der Waals surface area contributed by atoms with Gasteiger partial charge in [0.1, 0.15) is 5.82 Å². The minimum atomic E-state index is -0.229. The van der Waals surface area contributed by atoms with Crippen molar-refractivity contribution >= 4 is 5.91 Å². The normalized spacial score (nSPS) is 26.3. The Balaban J connectivity index is 1.35. The summed E-state index contributed by atoms with van der Waals surface area (Å²) in [5, 5.41) is 3.06. The van der Waals surface area contributed by atoms with Gasteiger partial charge >= 0.3 is 0 Å². The third kappa shape index (κ3) is 3.81. The van der Waals surface area contributed by atoms with E-state index in [1.165, 1.54) is 12.3 Å². The van der Waals surface area contributed by atoms with Crippen LogP contribution in [-0.2, 0) is 11.3 Å². The lowest BCUT2D eigenvalue weighted by Crippen LogP contribution is -2.49. The zero-order valence-electron chi connectivity index (χ0n) is 14.6. The lowest BCUT2D eigenvalue weighted by molar-refractivity contribution is -0.0793. The highest BCUT2D eigenvalue weighted by Crippen LogP contribution is 2.35. The predicted molar refractivity (Wildman–Crippen MR) is 94.2 cm³/mol. The lowest BCUT2D eigenvalue weighted by Gasteiger charge is -2.38. The smallest absolute Gasteiger partial charge is 0.287 e. The molecular weight excluding hydrogens is 335 g/mol. The van der Waals surface area contributed by atoms with Gasteiger partial charge < -0.3 is 14.5 Å². The highest BCUT2D eigenvalue weighted by molar-refractivity contribution is 5.91. The maximum Gasteiger partial charge on any atom is 0.287 e. The number of hydrogen-bond acceptors (Lipinski definition) is 4. The van der Waals surface area contributed by atoms with Crippen LogP contribution in [0.2, 0.25) is 0 Å². The summed E-state index contributed by atoms with van der Waals surface area (Å²) in [5.74, 6) is -0.0395. The van der Waals surface area contributed by atoms with E-state index in [0.29, 0.717) is 18.9 Å². The quantitative estimate of drug-likeness (QED) is 0.913. The number of furan rings is 1. The fourth-order valence-electron chi connectivity index (χ4n) is 4.06. The molecule has 0 bridgehead atoms. The molecule has 1 N–H and O–H groups in total. The van der Waals surface area contributed by atoms with Gasteiger partial charge in [-0.1, -0.05) is 12.1 Å². The Bertz CT molecular complexity index is 764. The Morgan fingerprint density at radius 3 is 3.08 bits per heavy atom. The highest BCUT2D eigenvalue weighted by atomic mass is 19.1. The molecule has 2 fully saturated rings. The van der Waals surface area contributed by atoms with Crippen LogP contribution in [0.1, 0.15) is 35.4 Å². The fraction of sp³-hybridized carbons (Fsp3) is 0.450. The van der Waals surface area contributed by atoms with Crippen molar-refractivity contribution in [3.63, 3.8) is 0 Å². The monoisotopic (exact) mass is 358 g/mol. The average Bonchev–Trinajstić information content (AvgIpc) is 3.26. The van der Waals surface area contributed by atoms with Crippen LogP contribution >= 0.6 is 0 Å². The first-order valence-corrected chi connectivity index (χ1v) is 9.07. The van der Waals surface area contributed by atoms with Crippen LogP contribution < -0.4 is 5.32 Å². The van der Waals surface area contributed by atoms with E-state index in [1.807, 2.05) is 6.07 Å². The first-order valence-electron chi connectivity index (χ1n) is 9.07. The summed E-state index contributed by atoms with van der Waals surface area (Å²) >= 11 is 0. The Morgan fingerprint density at radius 2 is 2.27 bits per heavy atom. The van der Waals surface area contributed by atoms with Crippen molar-refractivity contribution in [1.29, 1.82) is 0 Å². The Hall–Kier alpha value is -2.18. The number of hydrogen-bond donors (Lipinski definition) is 1. The number of likely N-dealkylation sites (tertiary alicyclic amines) is 1. The second kappa shape index (κ2) is 7.21. The van der Waals surface area contributed by atoms with Crippen molar-refractivity contribution in [3.8, 4) is 0 Å². The maximum atomic E-state index is 13.4. The lowest BCUT2D eigenvalue weighted by atomic mass is 9.89. The Kier molecular flexibility index (Phi) is 4.78. The molecule has 1 amide bonds. The van der Waals surface area contributed by atoms with Crippen LogP contribution in [0.5, 0.6) is 0 Å². The molecule has 3 heterocycles. The van der Waals surface area contributed by atoms with E-state index in [-0.39, 0.29) is 23.4 Å². The summed E-state index contributed by atoms with van der Waals surface area (Å²) in [7, 11) is 0.